The molecule has 0 aromatic heterocycles. The Balaban J connectivity index is 2.15. The first-order chi connectivity index (χ1) is 7.78. The number of para-hydroxylation sites is 1. The molecule has 0 atom stereocenters. The van der Waals surface area contributed by atoms with Gasteiger partial charge in [0.05, 0.1) is 13.0 Å². The van der Waals surface area contributed by atoms with Gasteiger partial charge in [-0.3, -0.25) is 0 Å². The topological polar surface area (TPSA) is 33.0 Å². The third-order valence-electron chi connectivity index (χ3n) is 1.91. The second-order valence-electron chi connectivity index (χ2n) is 2.97. The first-order valence-corrected chi connectivity index (χ1v) is 4.52. The second-order valence-corrected chi connectivity index (χ2v) is 2.97. The van der Waals surface area contributed by atoms with Gasteiger partial charge in [0.15, 0.2) is 0 Å². The normalized spacial score (nSPS) is 10.2. The molecule has 0 spiro atoms. The van der Waals surface area contributed by atoms with E-state index in [1.165, 1.54) is 0 Å². The zero-order valence-corrected chi connectivity index (χ0v) is 7.97. The van der Waals surface area contributed by atoms with Crippen LogP contribution in [0.5, 0.6) is 11.5 Å². The molecule has 2 aromatic carbocycles. The van der Waals surface area contributed by atoms with Gasteiger partial charge in [0.25, 0.3) is 0 Å². The van der Waals surface area contributed by atoms with Crippen molar-refractivity contribution in [1.29, 1.82) is 5.26 Å². The van der Waals surface area contributed by atoms with Crippen LogP contribution >= 0.6 is 0 Å². The Bertz CT molecular complexity index is 511. The zero-order valence-electron chi connectivity index (χ0n) is 8.97. The summed E-state index contributed by atoms with van der Waals surface area (Å²) in [6.07, 6.45) is 0. The summed E-state index contributed by atoms with van der Waals surface area (Å²) in [4.78, 5) is 0. The summed E-state index contributed by atoms with van der Waals surface area (Å²) in [7, 11) is 0. The quantitative estimate of drug-likeness (QED) is 0.737. The van der Waals surface area contributed by atoms with Gasteiger partial charge in [0.2, 0.25) is 0 Å². The second kappa shape index (κ2) is 4.30. The van der Waals surface area contributed by atoms with E-state index >= 15 is 0 Å². The van der Waals surface area contributed by atoms with E-state index in [2.05, 4.69) is 0 Å². The van der Waals surface area contributed by atoms with E-state index in [0.29, 0.717) is 23.1 Å². The number of ether oxygens (including phenoxy) is 1. The van der Waals surface area contributed by atoms with E-state index in [4.69, 9.17) is 11.4 Å². The van der Waals surface area contributed by atoms with E-state index in [9.17, 15) is 0 Å². The van der Waals surface area contributed by atoms with Crippen LogP contribution in [0, 0.1) is 11.3 Å². The van der Waals surface area contributed by atoms with Crippen molar-refractivity contribution in [3.05, 3.63) is 60.1 Å². The van der Waals surface area contributed by atoms with Crippen LogP contribution in [-0.4, -0.2) is 0 Å². The first-order valence-electron chi connectivity index (χ1n) is 5.02. The van der Waals surface area contributed by atoms with Gasteiger partial charge in [-0.15, -0.1) is 0 Å². The fourth-order valence-electron chi connectivity index (χ4n) is 1.17. The number of rotatable bonds is 2. The minimum absolute atomic E-state index is 0.451. The van der Waals surface area contributed by atoms with Gasteiger partial charge in [-0.2, -0.15) is 5.26 Å². The highest BCUT2D eigenvalue weighted by molar-refractivity contribution is 5.37. The lowest BCUT2D eigenvalue weighted by molar-refractivity contribution is 0.482. The Morgan fingerprint density at radius 2 is 1.60 bits per heavy atom. The van der Waals surface area contributed by atoms with Crippen LogP contribution in [0.3, 0.4) is 0 Å². The van der Waals surface area contributed by atoms with Crippen molar-refractivity contribution in [3.63, 3.8) is 0 Å². The molecule has 0 heterocycles. The van der Waals surface area contributed by atoms with Gasteiger partial charge in [-0.05, 0) is 36.4 Å². The lowest BCUT2D eigenvalue weighted by Gasteiger charge is -2.04. The largest absolute Gasteiger partial charge is 0.457 e. The van der Waals surface area contributed by atoms with Crippen LogP contribution in [-0.2, 0) is 0 Å². The smallest absolute Gasteiger partial charge is 0.127 e. The lowest BCUT2D eigenvalue weighted by atomic mass is 10.2. The molecule has 0 radical (unpaired) electrons. The van der Waals surface area contributed by atoms with E-state index < -0.39 is 0 Å². The van der Waals surface area contributed by atoms with Gasteiger partial charge >= 0.3 is 0 Å². The van der Waals surface area contributed by atoms with Gasteiger partial charge in [0, 0.05) is 0 Å². The van der Waals surface area contributed by atoms with Crippen molar-refractivity contribution < 1.29 is 6.11 Å². The minimum Gasteiger partial charge on any atom is -0.457 e. The average molecular weight is 196 g/mol. The van der Waals surface area contributed by atoms with E-state index in [0.717, 1.165) is 0 Å². The van der Waals surface area contributed by atoms with E-state index in [1.807, 2.05) is 6.07 Å². The molecule has 72 valence electrons. The highest BCUT2D eigenvalue weighted by Crippen LogP contribution is 2.20. The summed E-state index contributed by atoms with van der Waals surface area (Å²) < 4.78 is 12.9. The molecule has 0 bridgehead atoms. The van der Waals surface area contributed by atoms with E-state index in [-0.39, 0.29) is 0 Å². The Labute approximate surface area is 89.8 Å². The van der Waals surface area contributed by atoms with Gasteiger partial charge in [-0.1, -0.05) is 18.2 Å². The molecule has 2 heteroatoms. The fraction of sp³-hybridized carbons (Fsp3) is 0. The number of nitrogens with zero attached hydrogens (tertiary/aromatic N) is 1. The Kier molecular flexibility index (Phi) is 2.31. The first kappa shape index (κ1) is 8.07. The molecule has 0 amide bonds. The maximum absolute atomic E-state index is 8.64. The molecule has 0 N–H and O–H groups in total. The van der Waals surface area contributed by atoms with Crippen molar-refractivity contribution in [2.45, 2.75) is 0 Å². The lowest BCUT2D eigenvalue weighted by Crippen LogP contribution is -1.83. The third-order valence-corrected chi connectivity index (χ3v) is 1.91. The Morgan fingerprint density at radius 3 is 2.20 bits per heavy atom. The molecular formula is C13H9NO. The van der Waals surface area contributed by atoms with Crippen molar-refractivity contribution in [3.8, 4) is 17.6 Å². The monoisotopic (exact) mass is 196 g/mol. The predicted molar refractivity (Wildman–Crippen MR) is 57.7 cm³/mol. The number of hydrogen-bond acceptors (Lipinski definition) is 2. The van der Waals surface area contributed by atoms with Crippen molar-refractivity contribution in [1.82, 2.24) is 0 Å². The van der Waals surface area contributed by atoms with Crippen LogP contribution in [0.25, 0.3) is 0 Å². The maximum atomic E-state index is 8.64. The van der Waals surface area contributed by atoms with Crippen LogP contribution in [0.2, 0.25) is 0 Å². The molecule has 0 aliphatic carbocycles. The molecule has 0 saturated heterocycles. The van der Waals surface area contributed by atoms with Crippen molar-refractivity contribution in [2.75, 3.05) is 0 Å². The summed E-state index contributed by atoms with van der Waals surface area (Å²) in [5.74, 6) is 1.36. The molecule has 2 rings (SSSR count). The molecule has 0 unspecified atom stereocenters. The summed E-state index contributed by atoms with van der Waals surface area (Å²) in [5, 5.41) is 8.64. The molecule has 0 saturated carbocycles. The zero-order chi connectivity index (χ0) is 11.4. The standard InChI is InChI=1S/C13H9NO/c14-10-11-6-8-13(9-7-11)15-12-4-2-1-3-5-12/h1-9H/i1D. The SMILES string of the molecule is [2H]c1ccc(Oc2ccc(C#N)cc2)cc1. The predicted octanol–water partition coefficient (Wildman–Crippen LogP) is 3.35. The molecule has 0 fully saturated rings. The molecular weight excluding hydrogens is 186 g/mol. The molecule has 2 aromatic rings. The number of hydrogen-bond donors (Lipinski definition) is 0. The minimum atomic E-state index is 0.451. The summed E-state index contributed by atoms with van der Waals surface area (Å²) in [6.45, 7) is 0. The summed E-state index contributed by atoms with van der Waals surface area (Å²) in [6, 6.07) is 16.2. The maximum Gasteiger partial charge on any atom is 0.127 e. The van der Waals surface area contributed by atoms with Gasteiger partial charge in [0.1, 0.15) is 11.5 Å². The van der Waals surface area contributed by atoms with E-state index in [1.54, 1.807) is 48.5 Å². The molecule has 15 heavy (non-hydrogen) atoms. The van der Waals surface area contributed by atoms with Gasteiger partial charge < -0.3 is 4.74 Å². The van der Waals surface area contributed by atoms with Crippen LogP contribution in [0.1, 0.15) is 6.93 Å². The molecule has 0 aliphatic rings. The van der Waals surface area contributed by atoms with Crippen molar-refractivity contribution in [2.24, 2.45) is 0 Å². The highest BCUT2D eigenvalue weighted by Gasteiger charge is 1.95. The van der Waals surface area contributed by atoms with Crippen LogP contribution < -0.4 is 4.74 Å². The van der Waals surface area contributed by atoms with Crippen LogP contribution in [0.15, 0.2) is 54.6 Å². The molecule has 2 nitrogen and oxygen atoms in total. The van der Waals surface area contributed by atoms with Gasteiger partial charge in [-0.25, -0.2) is 0 Å². The van der Waals surface area contributed by atoms with Crippen molar-refractivity contribution >= 4 is 0 Å². The highest BCUT2D eigenvalue weighted by atomic mass is 16.5. The Morgan fingerprint density at radius 1 is 1.00 bits per heavy atom. The average Bonchev–Trinajstić information content (AvgIpc) is 2.33. The van der Waals surface area contributed by atoms with Crippen LogP contribution in [0.4, 0.5) is 0 Å². The molecule has 0 aliphatic heterocycles. The fourth-order valence-corrected chi connectivity index (χ4v) is 1.17. The summed E-state index contributed by atoms with van der Waals surface area (Å²) in [5.41, 5.74) is 0.605. The number of benzene rings is 2. The summed E-state index contributed by atoms with van der Waals surface area (Å²) >= 11 is 0. The number of nitriles is 1. The Hall–Kier alpha value is -2.27. The third kappa shape index (κ3) is 2.35.